The standard InChI is InChI=1S/C9H18N2O6S/c1-9(2,18(3,16)17)5-11-8(15)10-4-6(12)7(13)14/h6,12H,4-5H2,1-3H3,(H,13,14)(H2,10,11,15). The lowest BCUT2D eigenvalue weighted by molar-refractivity contribution is -0.146. The predicted molar refractivity (Wildman–Crippen MR) is 64.0 cm³/mol. The van der Waals surface area contributed by atoms with E-state index in [1.54, 1.807) is 0 Å². The molecular formula is C9H18N2O6S. The van der Waals surface area contributed by atoms with Crippen LogP contribution in [0.2, 0.25) is 0 Å². The number of aliphatic hydroxyl groups excluding tert-OH is 1. The van der Waals surface area contributed by atoms with Gasteiger partial charge in [0.2, 0.25) is 0 Å². The van der Waals surface area contributed by atoms with Crippen molar-refractivity contribution in [2.75, 3.05) is 19.3 Å². The zero-order valence-electron chi connectivity index (χ0n) is 10.4. The summed E-state index contributed by atoms with van der Waals surface area (Å²) >= 11 is 0. The highest BCUT2D eigenvalue weighted by Crippen LogP contribution is 2.13. The minimum Gasteiger partial charge on any atom is -0.479 e. The predicted octanol–water partition coefficient (Wildman–Crippen LogP) is -1.45. The van der Waals surface area contributed by atoms with Crippen LogP contribution < -0.4 is 10.6 Å². The monoisotopic (exact) mass is 282 g/mol. The molecule has 9 heteroatoms. The van der Waals surface area contributed by atoms with Crippen molar-refractivity contribution in [3.63, 3.8) is 0 Å². The van der Waals surface area contributed by atoms with Crippen LogP contribution in [-0.2, 0) is 14.6 Å². The number of rotatable bonds is 6. The Morgan fingerprint density at radius 3 is 2.17 bits per heavy atom. The second-order valence-electron chi connectivity index (χ2n) is 4.45. The van der Waals surface area contributed by atoms with E-state index in [4.69, 9.17) is 10.2 Å². The van der Waals surface area contributed by atoms with Gasteiger partial charge in [0, 0.05) is 12.8 Å². The third-order valence-electron chi connectivity index (χ3n) is 2.42. The molecule has 0 aliphatic carbocycles. The van der Waals surface area contributed by atoms with E-state index in [1.807, 2.05) is 0 Å². The van der Waals surface area contributed by atoms with E-state index in [1.165, 1.54) is 13.8 Å². The highest BCUT2D eigenvalue weighted by Gasteiger charge is 2.30. The van der Waals surface area contributed by atoms with Crippen LogP contribution >= 0.6 is 0 Å². The molecule has 0 saturated carbocycles. The Hall–Kier alpha value is -1.35. The summed E-state index contributed by atoms with van der Waals surface area (Å²) in [7, 11) is -3.33. The number of carbonyl (C=O) groups is 2. The number of amides is 2. The Kier molecular flexibility index (Phi) is 5.55. The van der Waals surface area contributed by atoms with Gasteiger partial charge in [-0.05, 0) is 13.8 Å². The maximum absolute atomic E-state index is 11.3. The highest BCUT2D eigenvalue weighted by molar-refractivity contribution is 7.92. The van der Waals surface area contributed by atoms with Crippen LogP contribution in [0.1, 0.15) is 13.8 Å². The van der Waals surface area contributed by atoms with Gasteiger partial charge in [-0.2, -0.15) is 0 Å². The molecule has 0 rings (SSSR count). The maximum atomic E-state index is 11.3. The molecular weight excluding hydrogens is 264 g/mol. The number of hydrogen-bond donors (Lipinski definition) is 4. The molecule has 1 unspecified atom stereocenters. The molecule has 0 aromatic heterocycles. The molecule has 0 saturated heterocycles. The van der Waals surface area contributed by atoms with E-state index in [0.29, 0.717) is 0 Å². The van der Waals surface area contributed by atoms with Crippen molar-refractivity contribution in [2.45, 2.75) is 24.7 Å². The molecule has 106 valence electrons. The first kappa shape index (κ1) is 16.6. The lowest BCUT2D eigenvalue weighted by atomic mass is 10.2. The third kappa shape index (κ3) is 5.32. The van der Waals surface area contributed by atoms with Gasteiger partial charge >= 0.3 is 12.0 Å². The molecule has 0 fully saturated rings. The number of sulfone groups is 1. The molecule has 2 amide bonds. The first-order valence-corrected chi connectivity index (χ1v) is 6.98. The van der Waals surface area contributed by atoms with Gasteiger partial charge in [-0.1, -0.05) is 0 Å². The van der Waals surface area contributed by atoms with Crippen LogP contribution in [0.3, 0.4) is 0 Å². The average molecular weight is 282 g/mol. The van der Waals surface area contributed by atoms with Crippen molar-refractivity contribution in [3.05, 3.63) is 0 Å². The second-order valence-corrected chi connectivity index (χ2v) is 7.10. The largest absolute Gasteiger partial charge is 0.479 e. The molecule has 0 aromatic carbocycles. The van der Waals surface area contributed by atoms with Crippen LogP contribution in [0.15, 0.2) is 0 Å². The number of aliphatic hydroxyl groups is 1. The molecule has 8 nitrogen and oxygen atoms in total. The fourth-order valence-electron chi connectivity index (χ4n) is 0.763. The third-order valence-corrected chi connectivity index (χ3v) is 4.57. The van der Waals surface area contributed by atoms with Crippen molar-refractivity contribution >= 4 is 21.8 Å². The van der Waals surface area contributed by atoms with E-state index >= 15 is 0 Å². The highest BCUT2D eigenvalue weighted by atomic mass is 32.2. The van der Waals surface area contributed by atoms with Gasteiger partial charge < -0.3 is 20.8 Å². The van der Waals surface area contributed by atoms with Gasteiger partial charge in [0.15, 0.2) is 15.9 Å². The van der Waals surface area contributed by atoms with Gasteiger partial charge in [-0.3, -0.25) is 0 Å². The van der Waals surface area contributed by atoms with Crippen molar-refractivity contribution < 1.29 is 28.2 Å². The van der Waals surface area contributed by atoms with Crippen LogP contribution in [0.25, 0.3) is 0 Å². The minimum absolute atomic E-state index is 0.124. The van der Waals surface area contributed by atoms with Gasteiger partial charge in [0.25, 0.3) is 0 Å². The molecule has 18 heavy (non-hydrogen) atoms. The Bertz CT molecular complexity index is 417. The van der Waals surface area contributed by atoms with Crippen LogP contribution in [0.4, 0.5) is 4.79 Å². The summed E-state index contributed by atoms with van der Waals surface area (Å²) in [6.45, 7) is 2.32. The van der Waals surface area contributed by atoms with Gasteiger partial charge in [-0.15, -0.1) is 0 Å². The molecule has 4 N–H and O–H groups in total. The van der Waals surface area contributed by atoms with E-state index in [-0.39, 0.29) is 6.54 Å². The van der Waals surface area contributed by atoms with E-state index < -0.39 is 39.2 Å². The lowest BCUT2D eigenvalue weighted by Crippen LogP contribution is -2.48. The number of carbonyl (C=O) groups excluding carboxylic acids is 1. The summed E-state index contributed by atoms with van der Waals surface area (Å²) in [5.74, 6) is -1.45. The quantitative estimate of drug-likeness (QED) is 0.471. The van der Waals surface area contributed by atoms with E-state index in [9.17, 15) is 18.0 Å². The van der Waals surface area contributed by atoms with Gasteiger partial charge in [0.05, 0.1) is 11.3 Å². The van der Waals surface area contributed by atoms with Crippen molar-refractivity contribution in [1.82, 2.24) is 10.6 Å². The number of hydrogen-bond acceptors (Lipinski definition) is 5. The fraction of sp³-hybridized carbons (Fsp3) is 0.778. The van der Waals surface area contributed by atoms with Crippen molar-refractivity contribution in [2.24, 2.45) is 0 Å². The van der Waals surface area contributed by atoms with Crippen molar-refractivity contribution in [3.8, 4) is 0 Å². The van der Waals surface area contributed by atoms with Crippen LogP contribution in [0, 0.1) is 0 Å². The second kappa shape index (κ2) is 6.01. The number of carboxylic acids is 1. The summed E-state index contributed by atoms with van der Waals surface area (Å²) in [6, 6.07) is -0.743. The molecule has 0 heterocycles. The van der Waals surface area contributed by atoms with E-state index in [0.717, 1.165) is 6.26 Å². The SMILES string of the molecule is CC(C)(CNC(=O)NCC(O)C(=O)O)S(C)(=O)=O. The summed E-state index contributed by atoms with van der Waals surface area (Å²) in [4.78, 5) is 21.5. The summed E-state index contributed by atoms with van der Waals surface area (Å²) in [6.07, 6.45) is -0.639. The smallest absolute Gasteiger partial charge is 0.334 e. The summed E-state index contributed by atoms with van der Waals surface area (Å²) < 4.78 is 21.5. The summed E-state index contributed by atoms with van der Waals surface area (Å²) in [5.41, 5.74) is 0. The van der Waals surface area contributed by atoms with E-state index in [2.05, 4.69) is 10.6 Å². The topological polar surface area (TPSA) is 133 Å². The fourth-order valence-corrected chi connectivity index (χ4v) is 1.10. The molecule has 0 radical (unpaired) electrons. The maximum Gasteiger partial charge on any atom is 0.334 e. The molecule has 0 spiro atoms. The first-order chi connectivity index (χ1) is 7.97. The average Bonchev–Trinajstić information content (AvgIpc) is 2.21. The minimum atomic E-state index is -3.33. The van der Waals surface area contributed by atoms with Crippen LogP contribution in [-0.4, -0.2) is 60.8 Å². The van der Waals surface area contributed by atoms with Gasteiger partial charge in [0.1, 0.15) is 0 Å². The van der Waals surface area contributed by atoms with Crippen LogP contribution in [0.5, 0.6) is 0 Å². The molecule has 1 atom stereocenters. The van der Waals surface area contributed by atoms with Crippen molar-refractivity contribution in [1.29, 1.82) is 0 Å². The lowest BCUT2D eigenvalue weighted by Gasteiger charge is -2.22. The number of aliphatic carboxylic acids is 1. The molecule has 0 aliphatic heterocycles. The number of nitrogens with one attached hydrogen (secondary N) is 2. The number of carboxylic acid groups (broad SMARTS) is 1. The molecule has 0 bridgehead atoms. The molecule has 0 aliphatic rings. The zero-order chi connectivity index (χ0) is 14.6. The Morgan fingerprint density at radius 1 is 1.28 bits per heavy atom. The number of urea groups is 1. The first-order valence-electron chi connectivity index (χ1n) is 5.09. The van der Waals surface area contributed by atoms with Gasteiger partial charge in [-0.25, -0.2) is 18.0 Å². The normalized spacial score (nSPS) is 13.8. The molecule has 0 aromatic rings. The summed E-state index contributed by atoms with van der Waals surface area (Å²) in [5, 5.41) is 21.7. The zero-order valence-corrected chi connectivity index (χ0v) is 11.2. The Balaban J connectivity index is 4.17. The Labute approximate surface area is 105 Å². The Morgan fingerprint density at radius 2 is 1.78 bits per heavy atom.